The first-order valence-corrected chi connectivity index (χ1v) is 10.2. The van der Waals surface area contributed by atoms with Crippen molar-refractivity contribution < 1.29 is 0 Å². The highest BCUT2D eigenvalue weighted by Gasteiger charge is 2.16. The lowest BCUT2D eigenvalue weighted by molar-refractivity contribution is 0.687. The zero-order chi connectivity index (χ0) is 17.2. The van der Waals surface area contributed by atoms with E-state index in [9.17, 15) is 0 Å². The van der Waals surface area contributed by atoms with Crippen LogP contribution in [0.5, 0.6) is 0 Å². The van der Waals surface area contributed by atoms with Crippen LogP contribution in [0.1, 0.15) is 18.1 Å². The molecular formula is C20H19N3S2. The Labute approximate surface area is 155 Å². The van der Waals surface area contributed by atoms with Gasteiger partial charge in [0.2, 0.25) is 0 Å². The molecule has 25 heavy (non-hydrogen) atoms. The molecule has 3 nitrogen and oxygen atoms in total. The molecule has 0 atom stereocenters. The normalized spacial score (nSPS) is 11.3. The SMILES string of the molecule is CCn1c(SCc2cccc(C)c2)nnc1-c1csc2ccccc12. The second-order valence-corrected chi connectivity index (χ2v) is 7.83. The zero-order valence-electron chi connectivity index (χ0n) is 14.3. The van der Waals surface area contributed by atoms with Crippen molar-refractivity contribution in [1.29, 1.82) is 0 Å². The van der Waals surface area contributed by atoms with Crippen LogP contribution in [0.25, 0.3) is 21.5 Å². The van der Waals surface area contributed by atoms with Gasteiger partial charge in [-0.2, -0.15) is 0 Å². The number of thiophene rings is 1. The van der Waals surface area contributed by atoms with Gasteiger partial charge >= 0.3 is 0 Å². The molecule has 0 saturated carbocycles. The number of rotatable bonds is 5. The third kappa shape index (κ3) is 3.22. The largest absolute Gasteiger partial charge is 0.302 e. The van der Waals surface area contributed by atoms with E-state index in [1.807, 2.05) is 0 Å². The Balaban J connectivity index is 1.65. The molecule has 4 aromatic rings. The number of benzene rings is 2. The summed E-state index contributed by atoms with van der Waals surface area (Å²) in [5.41, 5.74) is 3.79. The number of fused-ring (bicyclic) bond motifs is 1. The van der Waals surface area contributed by atoms with Crippen LogP contribution >= 0.6 is 23.1 Å². The molecule has 0 radical (unpaired) electrons. The van der Waals surface area contributed by atoms with Crippen molar-refractivity contribution in [2.75, 3.05) is 0 Å². The third-order valence-electron chi connectivity index (χ3n) is 4.21. The maximum absolute atomic E-state index is 4.51. The number of thioether (sulfide) groups is 1. The first-order chi connectivity index (χ1) is 12.3. The molecule has 0 unspecified atom stereocenters. The first-order valence-electron chi connectivity index (χ1n) is 8.34. The summed E-state index contributed by atoms with van der Waals surface area (Å²) in [6.45, 7) is 5.14. The maximum Gasteiger partial charge on any atom is 0.191 e. The Bertz CT molecular complexity index is 1020. The van der Waals surface area contributed by atoms with Crippen LogP contribution in [-0.2, 0) is 12.3 Å². The second kappa shape index (κ2) is 7.02. The predicted octanol–water partition coefficient (Wildman–Crippen LogP) is 5.78. The first kappa shape index (κ1) is 16.4. The van der Waals surface area contributed by atoms with Crippen molar-refractivity contribution in [2.45, 2.75) is 31.3 Å². The molecule has 0 N–H and O–H groups in total. The fourth-order valence-corrected chi connectivity index (χ4v) is 4.87. The summed E-state index contributed by atoms with van der Waals surface area (Å²) >= 11 is 3.51. The molecule has 0 saturated heterocycles. The minimum absolute atomic E-state index is 0.864. The fourth-order valence-electron chi connectivity index (χ4n) is 2.98. The molecule has 0 aliphatic carbocycles. The van der Waals surface area contributed by atoms with Crippen LogP contribution in [0.4, 0.5) is 0 Å². The van der Waals surface area contributed by atoms with E-state index in [4.69, 9.17) is 0 Å². The highest BCUT2D eigenvalue weighted by Crippen LogP contribution is 2.34. The Morgan fingerprint density at radius 3 is 2.80 bits per heavy atom. The third-order valence-corrected chi connectivity index (χ3v) is 6.21. The standard InChI is InChI=1S/C20H19N3S2/c1-3-23-19(17-13-24-18-10-5-4-9-16(17)18)21-22-20(23)25-12-15-8-6-7-14(2)11-15/h4-11,13H,3,12H2,1-2H3. The van der Waals surface area contributed by atoms with E-state index in [2.05, 4.69) is 82.5 Å². The average Bonchev–Trinajstić information content (AvgIpc) is 3.23. The molecule has 2 aromatic heterocycles. The average molecular weight is 366 g/mol. The molecule has 0 fully saturated rings. The molecule has 4 rings (SSSR count). The smallest absolute Gasteiger partial charge is 0.191 e. The lowest BCUT2D eigenvalue weighted by atomic mass is 10.1. The van der Waals surface area contributed by atoms with Crippen molar-refractivity contribution >= 4 is 33.2 Å². The molecule has 0 amide bonds. The molecule has 0 aliphatic rings. The summed E-state index contributed by atoms with van der Waals surface area (Å²) in [6, 6.07) is 17.1. The van der Waals surface area contributed by atoms with Gasteiger partial charge in [-0.25, -0.2) is 0 Å². The summed E-state index contributed by atoms with van der Waals surface area (Å²) in [5.74, 6) is 1.87. The van der Waals surface area contributed by atoms with Gasteiger partial charge in [0.05, 0.1) is 0 Å². The maximum atomic E-state index is 4.51. The Hall–Kier alpha value is -2.11. The lowest BCUT2D eigenvalue weighted by Gasteiger charge is -2.07. The molecule has 2 heterocycles. The van der Waals surface area contributed by atoms with Crippen LogP contribution in [0.2, 0.25) is 0 Å². The summed E-state index contributed by atoms with van der Waals surface area (Å²) in [7, 11) is 0. The Morgan fingerprint density at radius 1 is 1.08 bits per heavy atom. The quantitative estimate of drug-likeness (QED) is 0.420. The summed E-state index contributed by atoms with van der Waals surface area (Å²) in [6.07, 6.45) is 0. The number of aromatic nitrogens is 3. The summed E-state index contributed by atoms with van der Waals surface area (Å²) in [4.78, 5) is 0. The molecule has 0 aliphatic heterocycles. The van der Waals surface area contributed by atoms with Crippen molar-refractivity contribution in [3.05, 3.63) is 65.0 Å². The number of hydrogen-bond acceptors (Lipinski definition) is 4. The van der Waals surface area contributed by atoms with Gasteiger partial charge < -0.3 is 4.57 Å². The molecule has 5 heteroatoms. The van der Waals surface area contributed by atoms with Crippen LogP contribution in [0.15, 0.2) is 59.1 Å². The van der Waals surface area contributed by atoms with Crippen LogP contribution < -0.4 is 0 Å². The van der Waals surface area contributed by atoms with E-state index < -0.39 is 0 Å². The number of nitrogens with zero attached hydrogens (tertiary/aromatic N) is 3. The fraction of sp³-hybridized carbons (Fsp3) is 0.200. The van der Waals surface area contributed by atoms with Gasteiger partial charge in [-0.1, -0.05) is 59.8 Å². The zero-order valence-corrected chi connectivity index (χ0v) is 15.9. The highest BCUT2D eigenvalue weighted by molar-refractivity contribution is 7.98. The molecule has 2 aromatic carbocycles. The second-order valence-electron chi connectivity index (χ2n) is 5.97. The van der Waals surface area contributed by atoms with Crippen LogP contribution in [0.3, 0.4) is 0 Å². The van der Waals surface area contributed by atoms with Gasteiger partial charge in [0, 0.05) is 33.3 Å². The van der Waals surface area contributed by atoms with Crippen LogP contribution in [0, 0.1) is 6.92 Å². The highest BCUT2D eigenvalue weighted by atomic mass is 32.2. The van der Waals surface area contributed by atoms with Gasteiger partial charge in [-0.15, -0.1) is 21.5 Å². The Kier molecular flexibility index (Phi) is 4.59. The van der Waals surface area contributed by atoms with E-state index >= 15 is 0 Å². The Morgan fingerprint density at radius 2 is 1.96 bits per heavy atom. The van der Waals surface area contributed by atoms with E-state index in [1.165, 1.54) is 26.8 Å². The molecule has 0 bridgehead atoms. The van der Waals surface area contributed by atoms with Gasteiger partial charge in [-0.3, -0.25) is 0 Å². The minimum Gasteiger partial charge on any atom is -0.302 e. The topological polar surface area (TPSA) is 30.7 Å². The molecule has 0 spiro atoms. The van der Waals surface area contributed by atoms with Gasteiger partial charge in [-0.05, 0) is 25.5 Å². The van der Waals surface area contributed by atoms with Crippen LogP contribution in [-0.4, -0.2) is 14.8 Å². The van der Waals surface area contributed by atoms with E-state index in [-0.39, 0.29) is 0 Å². The van der Waals surface area contributed by atoms with E-state index in [1.54, 1.807) is 23.1 Å². The molecular weight excluding hydrogens is 346 g/mol. The van der Waals surface area contributed by atoms with E-state index in [0.29, 0.717) is 0 Å². The van der Waals surface area contributed by atoms with Crippen molar-refractivity contribution in [2.24, 2.45) is 0 Å². The number of hydrogen-bond donors (Lipinski definition) is 0. The van der Waals surface area contributed by atoms with Gasteiger partial charge in [0.1, 0.15) is 0 Å². The van der Waals surface area contributed by atoms with Gasteiger partial charge in [0.15, 0.2) is 11.0 Å². The monoisotopic (exact) mass is 365 g/mol. The van der Waals surface area contributed by atoms with Crippen molar-refractivity contribution in [3.8, 4) is 11.4 Å². The lowest BCUT2D eigenvalue weighted by Crippen LogP contribution is -1.99. The van der Waals surface area contributed by atoms with Crippen molar-refractivity contribution in [1.82, 2.24) is 14.8 Å². The van der Waals surface area contributed by atoms with Gasteiger partial charge in [0.25, 0.3) is 0 Å². The number of aryl methyl sites for hydroxylation is 1. The van der Waals surface area contributed by atoms with E-state index in [0.717, 1.165) is 23.3 Å². The summed E-state index contributed by atoms with van der Waals surface area (Å²) < 4.78 is 3.51. The van der Waals surface area contributed by atoms with Crippen molar-refractivity contribution in [3.63, 3.8) is 0 Å². The molecule has 126 valence electrons. The predicted molar refractivity (Wildman–Crippen MR) is 107 cm³/mol. The minimum atomic E-state index is 0.864. The summed E-state index contributed by atoms with van der Waals surface area (Å²) in [5, 5.41) is 13.4.